The summed E-state index contributed by atoms with van der Waals surface area (Å²) in [5.41, 5.74) is 2.02. The summed E-state index contributed by atoms with van der Waals surface area (Å²) in [6, 6.07) is 18.6. The maximum absolute atomic E-state index is 13.5. The van der Waals surface area contributed by atoms with Crippen LogP contribution in [0.25, 0.3) is 5.76 Å². The Bertz CT molecular complexity index is 1650. The number of hydrogen-bond donors (Lipinski definition) is 1. The van der Waals surface area contributed by atoms with E-state index in [1.807, 2.05) is 30.3 Å². The molecule has 1 aliphatic heterocycles. The number of ether oxygens (including phenoxy) is 2. The Morgan fingerprint density at radius 2 is 1.85 bits per heavy atom. The van der Waals surface area contributed by atoms with Gasteiger partial charge in [0, 0.05) is 18.0 Å². The minimum Gasteiger partial charge on any atom is -0.507 e. The first-order valence-corrected chi connectivity index (χ1v) is 13.4. The number of carbonyl (C=O) groups is 3. The van der Waals surface area contributed by atoms with Gasteiger partial charge in [0.05, 0.1) is 17.3 Å². The van der Waals surface area contributed by atoms with Gasteiger partial charge in [-0.3, -0.25) is 19.5 Å². The molecule has 1 aliphatic rings. The number of aliphatic hydroxyl groups excluding tert-OH is 1. The third-order valence-electron chi connectivity index (χ3n) is 6.33. The Labute approximate surface area is 240 Å². The largest absolute Gasteiger partial charge is 0.507 e. The molecule has 206 valence electrons. The van der Waals surface area contributed by atoms with E-state index in [0.29, 0.717) is 29.2 Å². The number of pyridine rings is 1. The van der Waals surface area contributed by atoms with Crippen LogP contribution in [-0.2, 0) is 20.9 Å². The molecule has 9 nitrogen and oxygen atoms in total. The maximum Gasteiger partial charge on any atom is 0.350 e. The molecule has 2 aromatic heterocycles. The van der Waals surface area contributed by atoms with Gasteiger partial charge in [0.25, 0.3) is 5.78 Å². The van der Waals surface area contributed by atoms with Crippen LogP contribution in [0.2, 0.25) is 0 Å². The van der Waals surface area contributed by atoms with Crippen molar-refractivity contribution < 1.29 is 29.0 Å². The predicted octanol–water partition coefficient (Wildman–Crippen LogP) is 5.39. The second kappa shape index (κ2) is 12.0. The van der Waals surface area contributed by atoms with Crippen LogP contribution in [0.1, 0.15) is 38.1 Å². The minimum atomic E-state index is -1.05. The van der Waals surface area contributed by atoms with Gasteiger partial charge < -0.3 is 14.6 Å². The van der Waals surface area contributed by atoms with Gasteiger partial charge in [0.1, 0.15) is 29.6 Å². The number of benzene rings is 2. The summed E-state index contributed by atoms with van der Waals surface area (Å²) >= 11 is 0.928. The highest BCUT2D eigenvalue weighted by molar-refractivity contribution is 7.17. The number of aryl methyl sites for hydroxylation is 1. The normalized spacial score (nSPS) is 16.0. The van der Waals surface area contributed by atoms with Crippen molar-refractivity contribution >= 4 is 39.9 Å². The number of aromatic nitrogens is 2. The molecule has 1 amide bonds. The lowest BCUT2D eigenvalue weighted by molar-refractivity contribution is -0.132. The van der Waals surface area contributed by atoms with Gasteiger partial charge in [0.2, 0.25) is 0 Å². The molecule has 1 N–H and O–H groups in total. The monoisotopic (exact) mass is 567 g/mol. The molecule has 0 aliphatic carbocycles. The van der Waals surface area contributed by atoms with Crippen LogP contribution in [0, 0.1) is 6.92 Å². The van der Waals surface area contributed by atoms with E-state index in [1.165, 1.54) is 23.4 Å². The zero-order chi connectivity index (χ0) is 28.9. The Morgan fingerprint density at radius 1 is 1.10 bits per heavy atom. The molecule has 0 saturated carbocycles. The molecular weight excluding hydrogens is 542 g/mol. The zero-order valence-electron chi connectivity index (χ0n) is 22.0. The highest BCUT2D eigenvalue weighted by Crippen LogP contribution is 2.44. The fraction of sp³-hybridized carbons (Fsp3) is 0.129. The van der Waals surface area contributed by atoms with Crippen molar-refractivity contribution in [3.63, 3.8) is 0 Å². The summed E-state index contributed by atoms with van der Waals surface area (Å²) in [5, 5.41) is 11.4. The maximum atomic E-state index is 13.5. The fourth-order valence-electron chi connectivity index (χ4n) is 4.40. The molecule has 1 unspecified atom stereocenters. The molecule has 0 radical (unpaired) electrons. The predicted molar refractivity (Wildman–Crippen MR) is 154 cm³/mol. The van der Waals surface area contributed by atoms with E-state index in [4.69, 9.17) is 9.47 Å². The molecular formula is C31H25N3O6S. The van der Waals surface area contributed by atoms with Crippen LogP contribution >= 0.6 is 11.3 Å². The zero-order valence-corrected chi connectivity index (χ0v) is 22.8. The van der Waals surface area contributed by atoms with Crippen LogP contribution in [0.5, 0.6) is 5.75 Å². The number of rotatable bonds is 9. The fourth-order valence-corrected chi connectivity index (χ4v) is 5.39. The molecule has 0 bridgehead atoms. The van der Waals surface area contributed by atoms with E-state index in [2.05, 4.69) is 16.5 Å². The number of aliphatic hydroxyl groups is 1. The lowest BCUT2D eigenvalue weighted by Crippen LogP contribution is -2.29. The molecule has 1 atom stereocenters. The van der Waals surface area contributed by atoms with Crippen molar-refractivity contribution in [3.05, 3.63) is 125 Å². The topological polar surface area (TPSA) is 119 Å². The van der Waals surface area contributed by atoms with Gasteiger partial charge in [-0.05, 0) is 42.3 Å². The van der Waals surface area contributed by atoms with Crippen molar-refractivity contribution in [1.82, 2.24) is 9.97 Å². The standard InChI is InChI=1S/C31H25N3O6S/c1-3-16-39-30(38)28-19(2)33-31(41-28)34-25(24(27(36)29(34)37)26(35)21-12-14-32-15-13-21)22-10-7-11-23(17-22)40-18-20-8-5-4-6-9-20/h3-15,17,25,35H,1,16,18H2,2H3/b26-24+. The average Bonchev–Trinajstić information content (AvgIpc) is 3.51. The van der Waals surface area contributed by atoms with E-state index < -0.39 is 23.7 Å². The van der Waals surface area contributed by atoms with Crippen LogP contribution in [0.15, 0.2) is 97.4 Å². The van der Waals surface area contributed by atoms with E-state index in [9.17, 15) is 19.5 Å². The SMILES string of the molecule is C=CCOC(=O)c1sc(N2C(=O)C(=O)/C(=C(/O)c3ccncc3)C2c2cccc(OCc3ccccc3)c2)nc1C. The molecule has 10 heteroatoms. The van der Waals surface area contributed by atoms with Crippen molar-refractivity contribution in [2.45, 2.75) is 19.6 Å². The van der Waals surface area contributed by atoms with Gasteiger partial charge in [0.15, 0.2) is 5.13 Å². The summed E-state index contributed by atoms with van der Waals surface area (Å²) in [6.45, 7) is 5.48. The average molecular weight is 568 g/mol. The molecule has 1 saturated heterocycles. The molecule has 3 heterocycles. The lowest BCUT2D eigenvalue weighted by Gasteiger charge is -2.23. The summed E-state index contributed by atoms with van der Waals surface area (Å²) < 4.78 is 11.2. The first-order chi connectivity index (χ1) is 19.9. The van der Waals surface area contributed by atoms with Crippen molar-refractivity contribution in [2.24, 2.45) is 0 Å². The Hall–Kier alpha value is -5.09. The highest BCUT2D eigenvalue weighted by Gasteiger charge is 2.48. The smallest absolute Gasteiger partial charge is 0.350 e. The number of nitrogens with zero attached hydrogens (tertiary/aromatic N) is 3. The molecule has 2 aromatic carbocycles. The number of Topliss-reactive ketones (excluding diaryl/α,β-unsaturated/α-hetero) is 1. The Balaban J connectivity index is 1.60. The second-order valence-corrected chi connectivity index (χ2v) is 10.0. The summed E-state index contributed by atoms with van der Waals surface area (Å²) in [6.07, 6.45) is 4.40. The van der Waals surface area contributed by atoms with E-state index in [0.717, 1.165) is 16.9 Å². The first-order valence-electron chi connectivity index (χ1n) is 12.6. The Kier molecular flexibility index (Phi) is 8.02. The highest BCUT2D eigenvalue weighted by atomic mass is 32.1. The number of thiazole rings is 1. The molecule has 1 fully saturated rings. The number of esters is 1. The number of amides is 1. The molecule has 41 heavy (non-hydrogen) atoms. The summed E-state index contributed by atoms with van der Waals surface area (Å²) in [4.78, 5) is 49.4. The van der Waals surface area contributed by atoms with Crippen LogP contribution in [-0.4, -0.2) is 39.3 Å². The van der Waals surface area contributed by atoms with Gasteiger partial charge >= 0.3 is 11.9 Å². The molecule has 4 aromatic rings. The van der Waals surface area contributed by atoms with Crippen molar-refractivity contribution in [3.8, 4) is 5.75 Å². The van der Waals surface area contributed by atoms with Gasteiger partial charge in [-0.1, -0.05) is 66.5 Å². The van der Waals surface area contributed by atoms with Crippen molar-refractivity contribution in [2.75, 3.05) is 11.5 Å². The number of carbonyl (C=O) groups excluding carboxylic acids is 3. The minimum absolute atomic E-state index is 0.0116. The van der Waals surface area contributed by atoms with Gasteiger partial charge in [-0.2, -0.15) is 0 Å². The number of hydrogen-bond acceptors (Lipinski definition) is 9. The van der Waals surface area contributed by atoms with Crippen LogP contribution < -0.4 is 9.64 Å². The quantitative estimate of drug-likeness (QED) is 0.0940. The lowest BCUT2D eigenvalue weighted by atomic mass is 9.95. The number of anilines is 1. The Morgan fingerprint density at radius 3 is 2.59 bits per heavy atom. The summed E-state index contributed by atoms with van der Waals surface area (Å²) in [7, 11) is 0. The van der Waals surface area contributed by atoms with E-state index in [-0.39, 0.29) is 27.9 Å². The van der Waals surface area contributed by atoms with Gasteiger partial charge in [-0.15, -0.1) is 0 Å². The summed E-state index contributed by atoms with van der Waals surface area (Å²) in [5.74, 6) is -2.24. The number of ketones is 1. The van der Waals surface area contributed by atoms with Gasteiger partial charge in [-0.25, -0.2) is 9.78 Å². The van der Waals surface area contributed by atoms with Crippen LogP contribution in [0.3, 0.4) is 0 Å². The van der Waals surface area contributed by atoms with Crippen LogP contribution in [0.4, 0.5) is 5.13 Å². The molecule has 0 spiro atoms. The third-order valence-corrected chi connectivity index (χ3v) is 7.47. The molecule has 5 rings (SSSR count). The third kappa shape index (κ3) is 5.64. The van der Waals surface area contributed by atoms with E-state index >= 15 is 0 Å². The van der Waals surface area contributed by atoms with E-state index in [1.54, 1.807) is 43.3 Å². The second-order valence-electron chi connectivity index (χ2n) is 9.05. The first kappa shape index (κ1) is 27.5. The van der Waals surface area contributed by atoms with Crippen molar-refractivity contribution in [1.29, 1.82) is 0 Å².